The molecule has 2 aromatic rings. The van der Waals surface area contributed by atoms with E-state index in [1.54, 1.807) is 13.2 Å². The zero-order valence-corrected chi connectivity index (χ0v) is 21.1. The maximum Gasteiger partial charge on any atom is 0.115 e. The number of methoxy groups -OCH3 is 1. The molecule has 0 aliphatic heterocycles. The fraction of sp³-hybridized carbons (Fsp3) is 0.357. The smallest absolute Gasteiger partial charge is 0.115 e. The van der Waals surface area contributed by atoms with Crippen LogP contribution in [0.2, 0.25) is 0 Å². The Morgan fingerprint density at radius 1 is 1.03 bits per heavy atom. The molecular weight excluding hydrogens is 413 g/mol. The second kappa shape index (κ2) is 13.1. The Hall–Kier alpha value is -2.51. The molecule has 0 heterocycles. The van der Waals surface area contributed by atoms with Gasteiger partial charge in [0.1, 0.15) is 11.5 Å². The highest BCUT2D eigenvalue weighted by Gasteiger charge is 2.35. The van der Waals surface area contributed by atoms with Crippen molar-refractivity contribution in [3.05, 3.63) is 95.5 Å². The van der Waals surface area contributed by atoms with Crippen molar-refractivity contribution in [1.82, 2.24) is 0 Å². The van der Waals surface area contributed by atoms with Gasteiger partial charge >= 0.3 is 0 Å². The van der Waals surface area contributed by atoms with E-state index in [1.165, 1.54) is 10.9 Å². The first-order chi connectivity index (χ1) is 15.5. The molecule has 2 unspecified atom stereocenters. The lowest BCUT2D eigenvalue weighted by Gasteiger charge is -2.36. The average molecular weight is 452 g/mol. The number of para-hydroxylation sites is 1. The summed E-state index contributed by atoms with van der Waals surface area (Å²) in [5.74, 6) is 1.11. The van der Waals surface area contributed by atoms with Crippen LogP contribution in [-0.4, -0.2) is 17.4 Å². The summed E-state index contributed by atoms with van der Waals surface area (Å²) < 4.78 is 5.54. The van der Waals surface area contributed by atoms with E-state index in [-0.39, 0.29) is 5.16 Å². The van der Waals surface area contributed by atoms with Gasteiger partial charge in [-0.3, -0.25) is 0 Å². The molecule has 0 bridgehead atoms. The molecule has 2 N–H and O–H groups in total. The summed E-state index contributed by atoms with van der Waals surface area (Å²) in [4.78, 5) is 0. The number of benzene rings is 2. The number of aliphatic hydroxyl groups excluding tert-OH is 1. The zero-order chi connectivity index (χ0) is 23.4. The van der Waals surface area contributed by atoms with Crippen molar-refractivity contribution in [3.63, 3.8) is 0 Å². The number of aliphatic hydroxyl groups is 1. The highest BCUT2D eigenvalue weighted by Crippen LogP contribution is 2.47. The standard InChI is InChI=1S/C28H38NO2P/c1-6-19-28(9-4,25(26(30)8-3)20-24(7-2)31-5)32-27-18-14-13-15-22(27)21-29-23-16-11-10-12-17-23/h7-8,10-18,20,29-30,32H,6,9,19,21H2,1-5H3/b24-7+,25-20+,26-8+. The van der Waals surface area contributed by atoms with Crippen molar-refractivity contribution in [1.29, 1.82) is 0 Å². The Kier molecular flexibility index (Phi) is 10.6. The number of rotatable bonds is 12. The van der Waals surface area contributed by atoms with Crippen LogP contribution in [0.15, 0.2) is 89.9 Å². The lowest BCUT2D eigenvalue weighted by molar-refractivity contribution is 0.304. The minimum Gasteiger partial charge on any atom is -0.508 e. The second-order valence-corrected chi connectivity index (χ2v) is 9.56. The lowest BCUT2D eigenvalue weighted by Crippen LogP contribution is -2.30. The van der Waals surface area contributed by atoms with E-state index in [9.17, 15) is 5.11 Å². The molecule has 2 atom stereocenters. The van der Waals surface area contributed by atoms with Gasteiger partial charge in [-0.2, -0.15) is 0 Å². The van der Waals surface area contributed by atoms with Gasteiger partial charge in [0.15, 0.2) is 0 Å². The van der Waals surface area contributed by atoms with Gasteiger partial charge < -0.3 is 15.2 Å². The summed E-state index contributed by atoms with van der Waals surface area (Å²) in [5.41, 5.74) is 3.37. The summed E-state index contributed by atoms with van der Waals surface area (Å²) in [7, 11) is 2.20. The largest absolute Gasteiger partial charge is 0.508 e. The van der Waals surface area contributed by atoms with E-state index in [2.05, 4.69) is 55.6 Å². The van der Waals surface area contributed by atoms with Crippen molar-refractivity contribution >= 4 is 19.6 Å². The van der Waals surface area contributed by atoms with Crippen LogP contribution in [0.1, 0.15) is 52.5 Å². The predicted octanol–water partition coefficient (Wildman–Crippen LogP) is 7.49. The summed E-state index contributed by atoms with van der Waals surface area (Å²) in [5, 5.41) is 15.7. The average Bonchev–Trinajstić information content (AvgIpc) is 2.84. The first-order valence-corrected chi connectivity index (χ1v) is 12.5. The van der Waals surface area contributed by atoms with E-state index in [0.29, 0.717) is 14.3 Å². The second-order valence-electron chi connectivity index (χ2n) is 7.81. The van der Waals surface area contributed by atoms with Crippen molar-refractivity contribution in [3.8, 4) is 0 Å². The monoisotopic (exact) mass is 451 g/mol. The van der Waals surface area contributed by atoms with Gasteiger partial charge in [-0.1, -0.05) is 71.3 Å². The Bertz CT molecular complexity index is 933. The van der Waals surface area contributed by atoms with Crippen molar-refractivity contribution < 1.29 is 9.84 Å². The van der Waals surface area contributed by atoms with E-state index >= 15 is 0 Å². The van der Waals surface area contributed by atoms with Gasteiger partial charge in [0, 0.05) is 23.0 Å². The first-order valence-electron chi connectivity index (χ1n) is 11.5. The minimum absolute atomic E-state index is 0.166. The molecule has 0 saturated heterocycles. The zero-order valence-electron chi connectivity index (χ0n) is 20.1. The third-order valence-electron chi connectivity index (χ3n) is 5.80. The van der Waals surface area contributed by atoms with Crippen LogP contribution >= 0.6 is 8.58 Å². The van der Waals surface area contributed by atoms with E-state index in [1.807, 2.05) is 44.2 Å². The van der Waals surface area contributed by atoms with Gasteiger partial charge in [0.25, 0.3) is 0 Å². The number of hydrogen-bond donors (Lipinski definition) is 2. The van der Waals surface area contributed by atoms with Crippen LogP contribution in [-0.2, 0) is 11.3 Å². The number of nitrogens with one attached hydrogen (secondary N) is 1. The number of hydrogen-bond acceptors (Lipinski definition) is 3. The SMILES string of the molecule is C\C=C(/C=C(\C(O)=C/C)C(CC)(CCC)Pc1ccccc1CNc1ccccc1)OC. The summed E-state index contributed by atoms with van der Waals surface area (Å²) in [6, 6.07) is 19.0. The maximum atomic E-state index is 11.0. The molecule has 0 radical (unpaired) electrons. The molecule has 0 aliphatic carbocycles. The Balaban J connectivity index is 2.47. The summed E-state index contributed by atoms with van der Waals surface area (Å²) in [6.45, 7) is 9.06. The molecule has 0 spiro atoms. The van der Waals surface area contributed by atoms with Crippen LogP contribution in [0.4, 0.5) is 5.69 Å². The molecule has 0 saturated carbocycles. The molecule has 0 amide bonds. The van der Waals surface area contributed by atoms with Gasteiger partial charge in [0.05, 0.1) is 7.11 Å². The molecule has 172 valence electrons. The summed E-state index contributed by atoms with van der Waals surface area (Å²) >= 11 is 0. The number of anilines is 1. The fourth-order valence-electron chi connectivity index (χ4n) is 3.97. The fourth-order valence-corrected chi connectivity index (χ4v) is 5.88. The normalized spacial score (nSPS) is 15.1. The Morgan fingerprint density at radius 2 is 1.72 bits per heavy atom. The molecule has 32 heavy (non-hydrogen) atoms. The predicted molar refractivity (Wildman–Crippen MR) is 141 cm³/mol. The first kappa shape index (κ1) is 25.7. The van der Waals surface area contributed by atoms with Crippen LogP contribution in [0.25, 0.3) is 0 Å². The lowest BCUT2D eigenvalue weighted by atomic mass is 9.88. The molecular formula is C28H38NO2P. The van der Waals surface area contributed by atoms with E-state index in [0.717, 1.165) is 42.8 Å². The molecule has 0 fully saturated rings. The highest BCUT2D eigenvalue weighted by atomic mass is 31.1. The van der Waals surface area contributed by atoms with Crippen LogP contribution in [0.3, 0.4) is 0 Å². The van der Waals surface area contributed by atoms with E-state index < -0.39 is 0 Å². The molecule has 0 aromatic heterocycles. The molecule has 2 rings (SSSR count). The molecule has 3 nitrogen and oxygen atoms in total. The molecule has 0 aliphatic rings. The van der Waals surface area contributed by atoms with Gasteiger partial charge in [-0.15, -0.1) is 0 Å². The van der Waals surface area contributed by atoms with Crippen molar-refractivity contribution in [2.24, 2.45) is 0 Å². The molecule has 4 heteroatoms. The Labute approximate surface area is 196 Å². The molecule has 2 aromatic carbocycles. The van der Waals surface area contributed by atoms with E-state index in [4.69, 9.17) is 4.74 Å². The van der Waals surface area contributed by atoms with Crippen LogP contribution in [0.5, 0.6) is 0 Å². The topological polar surface area (TPSA) is 41.5 Å². The third-order valence-corrected chi connectivity index (χ3v) is 7.91. The van der Waals surface area contributed by atoms with Crippen LogP contribution in [0, 0.1) is 0 Å². The maximum absolute atomic E-state index is 11.0. The van der Waals surface area contributed by atoms with Gasteiger partial charge in [0.2, 0.25) is 0 Å². The van der Waals surface area contributed by atoms with Crippen molar-refractivity contribution in [2.45, 2.75) is 58.7 Å². The minimum atomic E-state index is -0.166. The summed E-state index contributed by atoms with van der Waals surface area (Å²) in [6.07, 6.45) is 8.72. The van der Waals surface area contributed by atoms with Gasteiger partial charge in [-0.05, 0) is 67.9 Å². The van der Waals surface area contributed by atoms with Crippen LogP contribution < -0.4 is 10.6 Å². The third kappa shape index (κ3) is 6.74. The number of ether oxygens (including phenoxy) is 1. The van der Waals surface area contributed by atoms with Gasteiger partial charge in [-0.25, -0.2) is 0 Å². The Morgan fingerprint density at radius 3 is 2.31 bits per heavy atom. The number of allylic oxidation sites excluding steroid dienone is 4. The quantitative estimate of drug-likeness (QED) is 0.200. The van der Waals surface area contributed by atoms with Crippen molar-refractivity contribution in [2.75, 3.05) is 12.4 Å². The highest BCUT2D eigenvalue weighted by molar-refractivity contribution is 7.49.